The molecule has 3 aromatic carbocycles. The molecule has 284 valence electrons. The summed E-state index contributed by atoms with van der Waals surface area (Å²) in [6, 6.07) is 30.6. The number of hydrogen-bond acceptors (Lipinski definition) is 0. The largest absolute Gasteiger partial charge is 0.0654 e. The fourth-order valence-corrected chi connectivity index (χ4v) is 9.95. The molecule has 0 atom stereocenters. The summed E-state index contributed by atoms with van der Waals surface area (Å²) in [4.78, 5) is 0. The zero-order valence-corrected chi connectivity index (χ0v) is 34.6. The van der Waals surface area contributed by atoms with Crippen LogP contribution in [0.2, 0.25) is 0 Å². The molecular formula is C50H79P. The summed E-state index contributed by atoms with van der Waals surface area (Å²) < 4.78 is 0. The van der Waals surface area contributed by atoms with Crippen molar-refractivity contribution in [2.75, 3.05) is 0 Å². The van der Waals surface area contributed by atoms with E-state index < -0.39 is 7.92 Å². The van der Waals surface area contributed by atoms with Crippen LogP contribution in [0.3, 0.4) is 0 Å². The second-order valence-electron chi connectivity index (χ2n) is 15.7. The molecule has 0 aliphatic carbocycles. The van der Waals surface area contributed by atoms with Crippen molar-refractivity contribution < 1.29 is 0 Å². The summed E-state index contributed by atoms with van der Waals surface area (Å²) in [5.41, 5.74) is 3.01. The van der Waals surface area contributed by atoms with Crippen molar-refractivity contribution in [2.24, 2.45) is 0 Å². The molecule has 0 unspecified atom stereocenters. The van der Waals surface area contributed by atoms with Gasteiger partial charge in [0.1, 0.15) is 0 Å². The van der Waals surface area contributed by atoms with Crippen LogP contribution in [0.25, 0.3) is 0 Å². The Labute approximate surface area is 319 Å². The van der Waals surface area contributed by atoms with Crippen LogP contribution in [0.15, 0.2) is 78.9 Å². The molecule has 0 fully saturated rings. The Balaban J connectivity index is 1.31. The molecular weight excluding hydrogens is 632 g/mol. The van der Waals surface area contributed by atoms with E-state index in [2.05, 4.69) is 92.7 Å². The zero-order valence-electron chi connectivity index (χ0n) is 33.7. The third kappa shape index (κ3) is 20.8. The summed E-state index contributed by atoms with van der Waals surface area (Å²) in [6.45, 7) is 4.61. The second kappa shape index (κ2) is 30.5. The van der Waals surface area contributed by atoms with E-state index in [-0.39, 0.29) is 0 Å². The number of unbranched alkanes of at least 4 members (excludes halogenated alkanes) is 26. The van der Waals surface area contributed by atoms with Crippen molar-refractivity contribution in [1.82, 2.24) is 0 Å². The molecule has 0 aliphatic rings. The first-order chi connectivity index (χ1) is 25.3. The Morgan fingerprint density at radius 2 is 0.529 bits per heavy atom. The van der Waals surface area contributed by atoms with Crippen LogP contribution in [0.5, 0.6) is 0 Å². The molecule has 51 heavy (non-hydrogen) atoms. The van der Waals surface area contributed by atoms with Crippen molar-refractivity contribution in [3.8, 4) is 0 Å². The molecule has 0 heterocycles. The van der Waals surface area contributed by atoms with Crippen LogP contribution in [-0.2, 0) is 12.8 Å². The average molecular weight is 711 g/mol. The van der Waals surface area contributed by atoms with Crippen LogP contribution < -0.4 is 15.9 Å². The first-order valence-electron chi connectivity index (χ1n) is 22.3. The average Bonchev–Trinajstić information content (AvgIpc) is 3.17. The highest BCUT2D eigenvalue weighted by Gasteiger charge is 2.16. The van der Waals surface area contributed by atoms with Crippen LogP contribution in [0, 0.1) is 0 Å². The van der Waals surface area contributed by atoms with Crippen molar-refractivity contribution in [3.05, 3.63) is 90.0 Å². The summed E-state index contributed by atoms with van der Waals surface area (Å²) in [7, 11) is -0.536. The van der Waals surface area contributed by atoms with Crippen molar-refractivity contribution in [2.45, 2.75) is 206 Å². The van der Waals surface area contributed by atoms with Gasteiger partial charge in [-0.1, -0.05) is 260 Å². The van der Waals surface area contributed by atoms with Gasteiger partial charge >= 0.3 is 0 Å². The number of benzene rings is 3. The van der Waals surface area contributed by atoms with E-state index in [0.717, 1.165) is 0 Å². The Bertz CT molecular complexity index is 1090. The molecule has 0 aromatic heterocycles. The Kier molecular flexibility index (Phi) is 26.0. The third-order valence-electron chi connectivity index (χ3n) is 11.0. The molecule has 0 N–H and O–H groups in total. The fourth-order valence-electron chi connectivity index (χ4n) is 7.69. The minimum absolute atomic E-state index is 0.536. The quantitative estimate of drug-likeness (QED) is 0.0436. The fraction of sp³-hybridized carbons (Fsp3) is 0.640. The minimum atomic E-state index is -0.536. The highest BCUT2D eigenvalue weighted by Crippen LogP contribution is 2.33. The lowest BCUT2D eigenvalue weighted by molar-refractivity contribution is 0.535. The topological polar surface area (TPSA) is 0 Å². The zero-order chi connectivity index (χ0) is 35.9. The summed E-state index contributed by atoms with van der Waals surface area (Å²) in [5, 5.41) is 4.40. The Morgan fingerprint density at radius 1 is 0.275 bits per heavy atom. The molecule has 0 saturated carbocycles. The van der Waals surface area contributed by atoms with Gasteiger partial charge in [-0.15, -0.1) is 0 Å². The van der Waals surface area contributed by atoms with E-state index in [0.29, 0.717) is 0 Å². The molecule has 1 heteroatoms. The molecule has 0 bridgehead atoms. The standard InChI is InChI=1S/C50H79P/c1-3-5-7-9-11-13-15-17-19-21-23-25-27-30-34-46-38-42-49(43-39-46)51(48-36-32-29-33-37-48)50-44-40-47(41-45-50)35-31-28-26-24-22-20-18-16-14-12-10-8-6-4-2/h29,32-33,36-45H,3-28,30-31,34-35H2,1-2H3. The van der Waals surface area contributed by atoms with Crippen molar-refractivity contribution in [1.29, 1.82) is 0 Å². The number of aryl methyl sites for hydroxylation is 2. The van der Waals surface area contributed by atoms with E-state index in [1.165, 1.54) is 220 Å². The van der Waals surface area contributed by atoms with E-state index >= 15 is 0 Å². The predicted octanol–water partition coefficient (Wildman–Crippen LogP) is 15.5. The van der Waals surface area contributed by atoms with Gasteiger partial charge in [0.25, 0.3) is 0 Å². The Morgan fingerprint density at radius 3 is 0.824 bits per heavy atom. The van der Waals surface area contributed by atoms with Crippen LogP contribution in [0.1, 0.15) is 205 Å². The molecule has 0 nitrogen and oxygen atoms in total. The molecule has 3 rings (SSSR count). The number of rotatable bonds is 33. The third-order valence-corrected chi connectivity index (χ3v) is 13.5. The van der Waals surface area contributed by atoms with E-state index in [9.17, 15) is 0 Å². The maximum atomic E-state index is 2.43. The molecule has 3 aromatic rings. The van der Waals surface area contributed by atoms with Crippen molar-refractivity contribution >= 4 is 23.8 Å². The summed E-state index contributed by atoms with van der Waals surface area (Å²) in [6.07, 6.45) is 42.3. The first kappa shape index (κ1) is 43.5. The highest BCUT2D eigenvalue weighted by molar-refractivity contribution is 7.79. The lowest BCUT2D eigenvalue weighted by Crippen LogP contribution is -2.20. The van der Waals surface area contributed by atoms with Gasteiger partial charge in [-0.25, -0.2) is 0 Å². The van der Waals surface area contributed by atoms with Gasteiger partial charge < -0.3 is 0 Å². The van der Waals surface area contributed by atoms with Gasteiger partial charge in [-0.05, 0) is 60.6 Å². The monoisotopic (exact) mass is 711 g/mol. The smallest absolute Gasteiger partial charge is 0.0134 e. The summed E-state index contributed by atoms with van der Waals surface area (Å²) in [5.74, 6) is 0. The van der Waals surface area contributed by atoms with E-state index in [1.54, 1.807) is 0 Å². The van der Waals surface area contributed by atoms with Crippen molar-refractivity contribution in [3.63, 3.8) is 0 Å². The molecule has 0 saturated heterocycles. The van der Waals surface area contributed by atoms with Gasteiger partial charge in [-0.2, -0.15) is 0 Å². The molecule has 0 amide bonds. The lowest BCUT2D eigenvalue weighted by Gasteiger charge is -2.20. The second-order valence-corrected chi connectivity index (χ2v) is 17.9. The van der Waals surface area contributed by atoms with Crippen LogP contribution in [0.4, 0.5) is 0 Å². The molecule has 0 radical (unpaired) electrons. The SMILES string of the molecule is CCCCCCCCCCCCCCCCc1ccc(P(c2ccccc2)c2ccc(CCCCCCCCCCCCCCCC)cc2)cc1. The maximum absolute atomic E-state index is 2.43. The summed E-state index contributed by atoms with van der Waals surface area (Å²) >= 11 is 0. The molecule has 0 spiro atoms. The van der Waals surface area contributed by atoms with E-state index in [4.69, 9.17) is 0 Å². The predicted molar refractivity (Wildman–Crippen MR) is 233 cm³/mol. The maximum Gasteiger partial charge on any atom is -0.0134 e. The van der Waals surface area contributed by atoms with Gasteiger partial charge in [0.15, 0.2) is 0 Å². The van der Waals surface area contributed by atoms with Crippen LogP contribution >= 0.6 is 7.92 Å². The Hall–Kier alpha value is -1.91. The van der Waals surface area contributed by atoms with Gasteiger partial charge in [0.2, 0.25) is 0 Å². The van der Waals surface area contributed by atoms with Gasteiger partial charge in [0, 0.05) is 0 Å². The highest BCUT2D eigenvalue weighted by atomic mass is 31.1. The number of hydrogen-bond donors (Lipinski definition) is 0. The van der Waals surface area contributed by atoms with E-state index in [1.807, 2.05) is 0 Å². The lowest BCUT2D eigenvalue weighted by atomic mass is 10.0. The molecule has 0 aliphatic heterocycles. The van der Waals surface area contributed by atoms with Gasteiger partial charge in [0.05, 0.1) is 0 Å². The van der Waals surface area contributed by atoms with Crippen LogP contribution in [-0.4, -0.2) is 0 Å². The normalized spacial score (nSPS) is 11.5. The minimum Gasteiger partial charge on any atom is -0.0654 e. The first-order valence-corrected chi connectivity index (χ1v) is 23.7. The van der Waals surface area contributed by atoms with Gasteiger partial charge in [-0.3, -0.25) is 0 Å².